The number of amides is 1. The van der Waals surface area contributed by atoms with Crippen LogP contribution >= 0.6 is 11.6 Å². The van der Waals surface area contributed by atoms with Crippen LogP contribution in [0, 0.1) is 15.9 Å². The zero-order chi connectivity index (χ0) is 16.1. The molecule has 0 aromatic heterocycles. The fraction of sp³-hybridized carbons (Fsp3) is 0. The van der Waals surface area contributed by atoms with E-state index in [2.05, 4.69) is 5.32 Å². The Hall–Kier alpha value is -2.73. The third-order valence-electron chi connectivity index (χ3n) is 2.72. The summed E-state index contributed by atoms with van der Waals surface area (Å²) in [6.07, 6.45) is 2.76. The molecule has 0 aliphatic carbocycles. The summed E-state index contributed by atoms with van der Waals surface area (Å²) in [6, 6.07) is 9.36. The summed E-state index contributed by atoms with van der Waals surface area (Å²) in [5, 5.41) is 13.2. The molecule has 2 aromatic carbocycles. The lowest BCUT2D eigenvalue weighted by molar-refractivity contribution is -0.384. The van der Waals surface area contributed by atoms with Gasteiger partial charge in [-0.25, -0.2) is 4.39 Å². The largest absolute Gasteiger partial charge is 0.321 e. The number of nitro groups is 1. The molecule has 1 N–H and O–H groups in total. The van der Waals surface area contributed by atoms with Gasteiger partial charge in [0.05, 0.1) is 15.6 Å². The number of halogens is 2. The van der Waals surface area contributed by atoms with Gasteiger partial charge in [0.15, 0.2) is 0 Å². The Bertz CT molecular complexity index is 745. The second-order valence-electron chi connectivity index (χ2n) is 4.30. The van der Waals surface area contributed by atoms with E-state index in [0.29, 0.717) is 5.56 Å². The van der Waals surface area contributed by atoms with Gasteiger partial charge in [-0.15, -0.1) is 0 Å². The van der Waals surface area contributed by atoms with Crippen LogP contribution in [-0.4, -0.2) is 10.8 Å². The maximum Gasteiger partial charge on any atom is 0.271 e. The quantitative estimate of drug-likeness (QED) is 0.525. The van der Waals surface area contributed by atoms with Crippen molar-refractivity contribution in [3.05, 3.63) is 75.1 Å². The summed E-state index contributed by atoms with van der Waals surface area (Å²) in [6.45, 7) is 0. The normalized spacial score (nSPS) is 10.6. The summed E-state index contributed by atoms with van der Waals surface area (Å²) < 4.78 is 12.7. The van der Waals surface area contributed by atoms with E-state index in [1.807, 2.05) is 0 Å². The van der Waals surface area contributed by atoms with Crippen molar-refractivity contribution in [3.63, 3.8) is 0 Å². The van der Waals surface area contributed by atoms with E-state index in [0.717, 1.165) is 6.07 Å². The standard InChI is InChI=1S/C15H10ClFN2O3/c16-13-9-12(19(21)22)6-7-14(13)18-15(20)8-3-10-1-4-11(17)5-2-10/h1-9H,(H,18,20)/b8-3+. The Morgan fingerprint density at radius 2 is 1.91 bits per heavy atom. The minimum atomic E-state index is -0.577. The lowest BCUT2D eigenvalue weighted by Gasteiger charge is -2.04. The molecule has 0 bridgehead atoms. The number of benzene rings is 2. The number of hydrogen-bond acceptors (Lipinski definition) is 3. The Balaban J connectivity index is 2.05. The first kappa shape index (κ1) is 15.7. The van der Waals surface area contributed by atoms with Crippen LogP contribution < -0.4 is 5.32 Å². The molecule has 0 fully saturated rings. The van der Waals surface area contributed by atoms with Crippen molar-refractivity contribution < 1.29 is 14.1 Å². The van der Waals surface area contributed by atoms with Gasteiger partial charge in [0.25, 0.3) is 5.69 Å². The number of hydrogen-bond donors (Lipinski definition) is 1. The molecule has 7 heteroatoms. The Morgan fingerprint density at radius 3 is 2.50 bits per heavy atom. The molecule has 0 unspecified atom stereocenters. The maximum absolute atomic E-state index is 12.7. The highest BCUT2D eigenvalue weighted by Gasteiger charge is 2.10. The molecule has 0 atom stereocenters. The third kappa shape index (κ3) is 4.13. The topological polar surface area (TPSA) is 72.2 Å². The summed E-state index contributed by atoms with van der Waals surface area (Å²) >= 11 is 5.87. The van der Waals surface area contributed by atoms with Gasteiger partial charge >= 0.3 is 0 Å². The summed E-state index contributed by atoms with van der Waals surface area (Å²) in [5.74, 6) is -0.820. The molecular weight excluding hydrogens is 311 g/mol. The fourth-order valence-corrected chi connectivity index (χ4v) is 1.86. The molecule has 0 aliphatic heterocycles. The molecule has 0 saturated heterocycles. The van der Waals surface area contributed by atoms with Crippen molar-refractivity contribution in [3.8, 4) is 0 Å². The molecule has 0 heterocycles. The molecule has 1 amide bonds. The first-order valence-corrected chi connectivity index (χ1v) is 6.52. The van der Waals surface area contributed by atoms with E-state index >= 15 is 0 Å². The smallest absolute Gasteiger partial charge is 0.271 e. The molecule has 2 rings (SSSR count). The SMILES string of the molecule is O=C(/C=C/c1ccc(F)cc1)Nc1ccc([N+](=O)[O-])cc1Cl. The Kier molecular flexibility index (Phi) is 4.85. The minimum absolute atomic E-state index is 0.0673. The predicted octanol–water partition coefficient (Wildman–Crippen LogP) is 4.04. The van der Waals surface area contributed by atoms with Gasteiger partial charge in [0.1, 0.15) is 5.82 Å². The van der Waals surface area contributed by atoms with Gasteiger partial charge in [0.2, 0.25) is 5.91 Å². The van der Waals surface area contributed by atoms with E-state index in [1.54, 1.807) is 0 Å². The number of rotatable bonds is 4. The average Bonchev–Trinajstić information content (AvgIpc) is 2.48. The molecule has 112 valence electrons. The van der Waals surface area contributed by atoms with Crippen LogP contribution in [0.3, 0.4) is 0 Å². The minimum Gasteiger partial charge on any atom is -0.321 e. The zero-order valence-electron chi connectivity index (χ0n) is 11.1. The predicted molar refractivity (Wildman–Crippen MR) is 82.2 cm³/mol. The summed E-state index contributed by atoms with van der Waals surface area (Å²) in [4.78, 5) is 21.8. The highest BCUT2D eigenvalue weighted by molar-refractivity contribution is 6.34. The van der Waals surface area contributed by atoms with Gasteiger partial charge in [-0.3, -0.25) is 14.9 Å². The molecule has 0 radical (unpaired) electrons. The van der Waals surface area contributed by atoms with Crippen LogP contribution in [0.2, 0.25) is 5.02 Å². The number of nitrogens with zero attached hydrogens (tertiary/aromatic N) is 1. The molecule has 0 aliphatic rings. The van der Waals surface area contributed by atoms with Crippen molar-refractivity contribution in [1.82, 2.24) is 0 Å². The van der Waals surface area contributed by atoms with Crippen molar-refractivity contribution in [2.75, 3.05) is 5.32 Å². The average molecular weight is 321 g/mol. The highest BCUT2D eigenvalue weighted by Crippen LogP contribution is 2.26. The Morgan fingerprint density at radius 1 is 1.23 bits per heavy atom. The Labute approximate surface area is 130 Å². The second kappa shape index (κ2) is 6.82. The number of nitro benzene ring substituents is 1. The fourth-order valence-electron chi connectivity index (χ4n) is 1.64. The third-order valence-corrected chi connectivity index (χ3v) is 3.03. The monoisotopic (exact) mass is 320 g/mol. The summed E-state index contributed by atoms with van der Waals surface area (Å²) in [7, 11) is 0. The first-order valence-electron chi connectivity index (χ1n) is 6.14. The highest BCUT2D eigenvalue weighted by atomic mass is 35.5. The van der Waals surface area contributed by atoms with Crippen LogP contribution in [-0.2, 0) is 4.79 Å². The van der Waals surface area contributed by atoms with Gasteiger partial charge < -0.3 is 5.32 Å². The van der Waals surface area contributed by atoms with E-state index in [4.69, 9.17) is 11.6 Å². The second-order valence-corrected chi connectivity index (χ2v) is 4.70. The van der Waals surface area contributed by atoms with Gasteiger partial charge in [-0.2, -0.15) is 0 Å². The van der Waals surface area contributed by atoms with E-state index in [-0.39, 0.29) is 22.2 Å². The van der Waals surface area contributed by atoms with E-state index < -0.39 is 10.8 Å². The lowest BCUT2D eigenvalue weighted by Crippen LogP contribution is -2.08. The van der Waals surface area contributed by atoms with Crippen LogP contribution in [0.1, 0.15) is 5.56 Å². The molecule has 5 nitrogen and oxygen atoms in total. The first-order chi connectivity index (χ1) is 10.5. The molecule has 2 aromatic rings. The van der Waals surface area contributed by atoms with Crippen molar-refractivity contribution in [2.45, 2.75) is 0 Å². The lowest BCUT2D eigenvalue weighted by atomic mass is 10.2. The maximum atomic E-state index is 12.7. The van der Waals surface area contributed by atoms with Crippen LogP contribution in [0.25, 0.3) is 6.08 Å². The van der Waals surface area contributed by atoms with Gasteiger partial charge in [-0.1, -0.05) is 23.7 Å². The van der Waals surface area contributed by atoms with Crippen molar-refractivity contribution >= 4 is 35.0 Å². The number of carbonyl (C=O) groups excluding carboxylic acids is 1. The molecule has 0 spiro atoms. The number of non-ortho nitro benzene ring substituents is 1. The molecule has 22 heavy (non-hydrogen) atoms. The number of carbonyl (C=O) groups is 1. The number of nitrogens with one attached hydrogen (secondary N) is 1. The van der Waals surface area contributed by atoms with Crippen LogP contribution in [0.15, 0.2) is 48.5 Å². The van der Waals surface area contributed by atoms with Gasteiger partial charge in [0, 0.05) is 18.2 Å². The summed E-state index contributed by atoms with van der Waals surface area (Å²) in [5.41, 5.74) is 0.761. The van der Waals surface area contributed by atoms with E-state index in [9.17, 15) is 19.3 Å². The van der Waals surface area contributed by atoms with Crippen LogP contribution in [0.5, 0.6) is 0 Å². The van der Waals surface area contributed by atoms with Crippen molar-refractivity contribution in [2.24, 2.45) is 0 Å². The van der Waals surface area contributed by atoms with Crippen LogP contribution in [0.4, 0.5) is 15.8 Å². The van der Waals surface area contributed by atoms with Crippen molar-refractivity contribution in [1.29, 1.82) is 0 Å². The molecule has 0 saturated carbocycles. The number of anilines is 1. The van der Waals surface area contributed by atoms with Gasteiger partial charge in [-0.05, 0) is 29.8 Å². The zero-order valence-corrected chi connectivity index (χ0v) is 11.9. The van der Waals surface area contributed by atoms with E-state index in [1.165, 1.54) is 48.6 Å². The molecular formula is C15H10ClFN2O3.